The van der Waals surface area contributed by atoms with Crippen LogP contribution in [0.3, 0.4) is 0 Å². The molecule has 23 heavy (non-hydrogen) atoms. The van der Waals surface area contributed by atoms with Crippen LogP contribution in [0.2, 0.25) is 0 Å². The number of nitrogens with one attached hydrogen (secondary N) is 2. The number of nitrogens with zero attached hydrogens (tertiary/aromatic N) is 4. The van der Waals surface area contributed by atoms with Crippen molar-refractivity contribution < 1.29 is 4.74 Å². The Balaban J connectivity index is 2.47. The Morgan fingerprint density at radius 3 is 2.48 bits per heavy atom. The molecule has 7 nitrogen and oxygen atoms in total. The third kappa shape index (κ3) is 7.97. The Morgan fingerprint density at radius 1 is 1.13 bits per heavy atom. The summed E-state index contributed by atoms with van der Waals surface area (Å²) in [6, 6.07) is 0. The third-order valence-corrected chi connectivity index (χ3v) is 3.60. The van der Waals surface area contributed by atoms with Crippen LogP contribution in [0.15, 0.2) is 4.99 Å². The standard InChI is InChI=1S/C16H32N6O/c1-5-7-8-10-17-16(18-11-9-12-23-6-2)19-13-15-21-20-14(3)22(15)4/h5-13H2,1-4H3,(H2,17,18,19). The highest BCUT2D eigenvalue weighted by Gasteiger charge is 2.05. The highest BCUT2D eigenvalue weighted by atomic mass is 16.5. The summed E-state index contributed by atoms with van der Waals surface area (Å²) >= 11 is 0. The van der Waals surface area contributed by atoms with E-state index in [-0.39, 0.29) is 0 Å². The van der Waals surface area contributed by atoms with Crippen LogP contribution in [0, 0.1) is 6.92 Å². The Labute approximate surface area is 139 Å². The highest BCUT2D eigenvalue weighted by Crippen LogP contribution is 1.99. The van der Waals surface area contributed by atoms with Crippen molar-refractivity contribution in [2.24, 2.45) is 12.0 Å². The molecule has 0 aromatic carbocycles. The summed E-state index contributed by atoms with van der Waals surface area (Å²) in [5, 5.41) is 14.9. The van der Waals surface area contributed by atoms with E-state index in [0.29, 0.717) is 6.54 Å². The molecule has 1 rings (SSSR count). The van der Waals surface area contributed by atoms with Crippen LogP contribution < -0.4 is 10.6 Å². The van der Waals surface area contributed by atoms with Crippen molar-refractivity contribution in [3.63, 3.8) is 0 Å². The molecular weight excluding hydrogens is 292 g/mol. The summed E-state index contributed by atoms with van der Waals surface area (Å²) in [6.07, 6.45) is 4.56. The maximum absolute atomic E-state index is 5.35. The number of ether oxygens (including phenoxy) is 1. The maximum Gasteiger partial charge on any atom is 0.191 e. The van der Waals surface area contributed by atoms with E-state index in [1.165, 1.54) is 12.8 Å². The fraction of sp³-hybridized carbons (Fsp3) is 0.812. The molecule has 0 spiro atoms. The summed E-state index contributed by atoms with van der Waals surface area (Å²) in [5.41, 5.74) is 0. The number of aryl methyl sites for hydroxylation is 1. The first kappa shape index (κ1) is 19.4. The topological polar surface area (TPSA) is 76.4 Å². The van der Waals surface area contributed by atoms with Gasteiger partial charge in [0.05, 0.1) is 0 Å². The van der Waals surface area contributed by atoms with Crippen molar-refractivity contribution >= 4 is 5.96 Å². The average molecular weight is 324 g/mol. The van der Waals surface area contributed by atoms with Crippen molar-refractivity contribution in [2.75, 3.05) is 26.3 Å². The first-order valence-corrected chi connectivity index (χ1v) is 8.63. The zero-order valence-electron chi connectivity index (χ0n) is 15.1. The molecule has 132 valence electrons. The van der Waals surface area contributed by atoms with Crippen molar-refractivity contribution in [3.8, 4) is 0 Å². The normalized spacial score (nSPS) is 11.7. The van der Waals surface area contributed by atoms with Gasteiger partial charge in [0.2, 0.25) is 0 Å². The Kier molecular flexibility index (Phi) is 10.0. The molecule has 1 aromatic heterocycles. The molecule has 0 fully saturated rings. The van der Waals surface area contributed by atoms with Gasteiger partial charge in [-0.3, -0.25) is 0 Å². The third-order valence-electron chi connectivity index (χ3n) is 3.60. The molecule has 1 heterocycles. The zero-order valence-corrected chi connectivity index (χ0v) is 15.1. The number of hydrogen-bond acceptors (Lipinski definition) is 4. The summed E-state index contributed by atoms with van der Waals surface area (Å²) in [7, 11) is 1.96. The number of unbranched alkanes of at least 4 members (excludes halogenated alkanes) is 2. The number of guanidine groups is 1. The molecule has 0 unspecified atom stereocenters. The lowest BCUT2D eigenvalue weighted by Crippen LogP contribution is -2.38. The van der Waals surface area contributed by atoms with Gasteiger partial charge in [-0.1, -0.05) is 19.8 Å². The second-order valence-corrected chi connectivity index (χ2v) is 5.50. The smallest absolute Gasteiger partial charge is 0.191 e. The van der Waals surface area contributed by atoms with Crippen LogP contribution in [-0.2, 0) is 18.3 Å². The quantitative estimate of drug-likeness (QED) is 0.369. The van der Waals surface area contributed by atoms with Gasteiger partial charge in [0.15, 0.2) is 11.8 Å². The van der Waals surface area contributed by atoms with E-state index in [4.69, 9.17) is 4.74 Å². The van der Waals surface area contributed by atoms with E-state index in [1.807, 2.05) is 25.5 Å². The van der Waals surface area contributed by atoms with Gasteiger partial charge in [-0.05, 0) is 26.7 Å². The summed E-state index contributed by atoms with van der Waals surface area (Å²) < 4.78 is 7.32. The van der Waals surface area contributed by atoms with E-state index < -0.39 is 0 Å². The Hall–Kier alpha value is -1.63. The maximum atomic E-state index is 5.35. The molecule has 0 amide bonds. The van der Waals surface area contributed by atoms with E-state index in [2.05, 4.69) is 32.7 Å². The predicted octanol–water partition coefficient (Wildman–Crippen LogP) is 1.78. The van der Waals surface area contributed by atoms with Crippen molar-refractivity contribution in [2.45, 2.75) is 53.0 Å². The number of rotatable bonds is 11. The minimum absolute atomic E-state index is 0.520. The number of aromatic nitrogens is 3. The lowest BCUT2D eigenvalue weighted by Gasteiger charge is -2.12. The SMILES string of the molecule is CCCCCNC(=NCc1nnc(C)n1C)NCCCOCC. The van der Waals surface area contributed by atoms with Crippen LogP contribution in [0.25, 0.3) is 0 Å². The molecule has 0 aliphatic carbocycles. The molecule has 0 bridgehead atoms. The van der Waals surface area contributed by atoms with E-state index in [9.17, 15) is 0 Å². The molecule has 7 heteroatoms. The Bertz CT molecular complexity index is 457. The molecule has 0 radical (unpaired) electrons. The molecule has 0 atom stereocenters. The molecule has 0 saturated heterocycles. The van der Waals surface area contributed by atoms with Gasteiger partial charge in [-0.25, -0.2) is 4.99 Å². The largest absolute Gasteiger partial charge is 0.382 e. The van der Waals surface area contributed by atoms with Crippen molar-refractivity contribution in [1.29, 1.82) is 0 Å². The molecule has 1 aromatic rings. The molecular formula is C16H32N6O. The van der Waals surface area contributed by atoms with Crippen LogP contribution >= 0.6 is 0 Å². The van der Waals surface area contributed by atoms with Crippen LogP contribution in [-0.4, -0.2) is 47.0 Å². The first-order chi connectivity index (χ1) is 11.2. The van der Waals surface area contributed by atoms with Gasteiger partial charge in [-0.2, -0.15) is 0 Å². The zero-order chi connectivity index (χ0) is 16.9. The monoisotopic (exact) mass is 324 g/mol. The van der Waals surface area contributed by atoms with Gasteiger partial charge in [-0.15, -0.1) is 10.2 Å². The fourth-order valence-corrected chi connectivity index (χ4v) is 2.02. The average Bonchev–Trinajstić information content (AvgIpc) is 2.87. The van der Waals surface area contributed by atoms with Crippen LogP contribution in [0.4, 0.5) is 0 Å². The van der Waals surface area contributed by atoms with Gasteiger partial charge < -0.3 is 19.9 Å². The Morgan fingerprint density at radius 2 is 1.87 bits per heavy atom. The second-order valence-electron chi connectivity index (χ2n) is 5.50. The lowest BCUT2D eigenvalue weighted by molar-refractivity contribution is 0.145. The number of hydrogen-bond donors (Lipinski definition) is 2. The second kappa shape index (κ2) is 11.9. The van der Waals surface area contributed by atoms with E-state index in [1.54, 1.807) is 0 Å². The van der Waals surface area contributed by atoms with E-state index in [0.717, 1.165) is 56.8 Å². The van der Waals surface area contributed by atoms with Gasteiger partial charge in [0.1, 0.15) is 12.4 Å². The van der Waals surface area contributed by atoms with Gasteiger partial charge in [0, 0.05) is 33.4 Å². The van der Waals surface area contributed by atoms with Crippen molar-refractivity contribution in [1.82, 2.24) is 25.4 Å². The minimum atomic E-state index is 0.520. The number of aliphatic imine (C=N–C) groups is 1. The van der Waals surface area contributed by atoms with Crippen LogP contribution in [0.5, 0.6) is 0 Å². The van der Waals surface area contributed by atoms with E-state index >= 15 is 0 Å². The molecule has 0 saturated carbocycles. The van der Waals surface area contributed by atoms with Gasteiger partial charge >= 0.3 is 0 Å². The highest BCUT2D eigenvalue weighted by molar-refractivity contribution is 5.79. The first-order valence-electron chi connectivity index (χ1n) is 8.63. The fourth-order valence-electron chi connectivity index (χ4n) is 2.02. The van der Waals surface area contributed by atoms with Crippen LogP contribution in [0.1, 0.15) is 51.2 Å². The molecule has 0 aliphatic heterocycles. The summed E-state index contributed by atoms with van der Waals surface area (Å²) in [6.45, 7) is 10.00. The minimum Gasteiger partial charge on any atom is -0.382 e. The van der Waals surface area contributed by atoms with Gasteiger partial charge in [0.25, 0.3) is 0 Å². The lowest BCUT2D eigenvalue weighted by atomic mass is 10.2. The molecule has 2 N–H and O–H groups in total. The molecule has 0 aliphatic rings. The predicted molar refractivity (Wildman–Crippen MR) is 93.5 cm³/mol. The summed E-state index contributed by atoms with van der Waals surface area (Å²) in [5.74, 6) is 2.60. The summed E-state index contributed by atoms with van der Waals surface area (Å²) in [4.78, 5) is 4.61. The van der Waals surface area contributed by atoms with Crippen molar-refractivity contribution in [3.05, 3.63) is 11.6 Å².